The standard InChI is InChI=1S/C35H40N4O4/c1-5-23-39(24-6-2)32(28-18-20-29(43-4)21-19-28)35(42)37-30(22-17-26-13-9-7-10-14-26)34(41)38-31(33(40)36-3)25-27-15-11-8-12-16-27/h5-22,30-32H,1-2,23-25H2,3-4H3,(H,36,40)(H,37,42)(H,38,41)/t30?,31-,32?/m0/s1. The Morgan fingerprint density at radius 1 is 0.814 bits per heavy atom. The topological polar surface area (TPSA) is 99.8 Å². The first-order valence-electron chi connectivity index (χ1n) is 14.1. The predicted octanol–water partition coefficient (Wildman–Crippen LogP) is 4.08. The molecule has 0 heterocycles. The van der Waals surface area contributed by atoms with Gasteiger partial charge >= 0.3 is 0 Å². The molecule has 8 heteroatoms. The van der Waals surface area contributed by atoms with Gasteiger partial charge in [-0.15, -0.1) is 13.2 Å². The third-order valence-electron chi connectivity index (χ3n) is 6.80. The van der Waals surface area contributed by atoms with Crippen LogP contribution in [0.2, 0.25) is 0 Å². The number of hydrogen-bond donors (Lipinski definition) is 3. The number of likely N-dealkylation sites (N-methyl/N-ethyl adjacent to an activating group) is 1. The average molecular weight is 581 g/mol. The van der Waals surface area contributed by atoms with Gasteiger partial charge in [-0.05, 0) is 28.8 Å². The van der Waals surface area contributed by atoms with Crippen molar-refractivity contribution in [3.05, 3.63) is 133 Å². The summed E-state index contributed by atoms with van der Waals surface area (Å²) in [5, 5.41) is 8.40. The van der Waals surface area contributed by atoms with Gasteiger partial charge in [-0.2, -0.15) is 0 Å². The molecule has 2 unspecified atom stereocenters. The van der Waals surface area contributed by atoms with Crippen molar-refractivity contribution in [2.24, 2.45) is 0 Å². The highest BCUT2D eigenvalue weighted by Crippen LogP contribution is 2.24. The normalized spacial score (nSPS) is 13.0. The molecule has 0 aromatic heterocycles. The number of nitrogens with zero attached hydrogens (tertiary/aromatic N) is 1. The van der Waals surface area contributed by atoms with E-state index in [0.29, 0.717) is 24.4 Å². The van der Waals surface area contributed by atoms with Gasteiger partial charge in [0.1, 0.15) is 23.9 Å². The lowest BCUT2D eigenvalue weighted by atomic mass is 10.0. The zero-order valence-corrected chi connectivity index (χ0v) is 24.7. The number of amides is 3. The van der Waals surface area contributed by atoms with Crippen LogP contribution < -0.4 is 20.7 Å². The van der Waals surface area contributed by atoms with Gasteiger partial charge in [0.15, 0.2) is 0 Å². The van der Waals surface area contributed by atoms with Gasteiger partial charge in [-0.25, -0.2) is 0 Å². The van der Waals surface area contributed by atoms with E-state index in [0.717, 1.165) is 11.1 Å². The molecule has 0 saturated carbocycles. The van der Waals surface area contributed by atoms with Crippen LogP contribution in [0.3, 0.4) is 0 Å². The van der Waals surface area contributed by atoms with E-state index in [-0.39, 0.29) is 12.3 Å². The Balaban J connectivity index is 1.95. The summed E-state index contributed by atoms with van der Waals surface area (Å²) in [4.78, 5) is 42.5. The first kappa shape index (κ1) is 32.6. The number of carbonyl (C=O) groups excluding carboxylic acids is 3. The van der Waals surface area contributed by atoms with Crippen LogP contribution in [0, 0.1) is 0 Å². The Labute approximate surface area is 254 Å². The summed E-state index contributed by atoms with van der Waals surface area (Å²) in [5.74, 6) is -0.596. The zero-order valence-electron chi connectivity index (χ0n) is 24.7. The third-order valence-corrected chi connectivity index (χ3v) is 6.80. The van der Waals surface area contributed by atoms with Gasteiger partial charge in [0.25, 0.3) is 0 Å². The van der Waals surface area contributed by atoms with Crippen LogP contribution in [-0.2, 0) is 20.8 Å². The van der Waals surface area contributed by atoms with Crippen molar-refractivity contribution in [2.45, 2.75) is 24.5 Å². The molecule has 0 aliphatic carbocycles. The largest absolute Gasteiger partial charge is 0.497 e. The second-order valence-electron chi connectivity index (χ2n) is 9.83. The van der Waals surface area contributed by atoms with Crippen LogP contribution in [0.4, 0.5) is 0 Å². The minimum atomic E-state index is -1.08. The molecule has 0 aliphatic heterocycles. The summed E-state index contributed by atoms with van der Waals surface area (Å²) in [6.07, 6.45) is 7.11. The second-order valence-corrected chi connectivity index (χ2v) is 9.83. The Hall–Kier alpha value is -4.95. The van der Waals surface area contributed by atoms with Gasteiger partial charge in [0.05, 0.1) is 7.11 Å². The Morgan fingerprint density at radius 3 is 1.98 bits per heavy atom. The number of rotatable bonds is 16. The van der Waals surface area contributed by atoms with Crippen molar-refractivity contribution < 1.29 is 19.1 Å². The van der Waals surface area contributed by atoms with Crippen molar-refractivity contribution in [2.75, 3.05) is 27.2 Å². The molecule has 3 amide bonds. The highest BCUT2D eigenvalue weighted by Gasteiger charge is 2.31. The van der Waals surface area contributed by atoms with Crippen LogP contribution in [0.15, 0.2) is 116 Å². The molecular formula is C35H40N4O4. The predicted molar refractivity (Wildman–Crippen MR) is 171 cm³/mol. The number of carbonyl (C=O) groups is 3. The second kappa shape index (κ2) is 17.1. The van der Waals surface area contributed by atoms with Gasteiger partial charge in [-0.3, -0.25) is 19.3 Å². The van der Waals surface area contributed by atoms with Crippen molar-refractivity contribution in [3.63, 3.8) is 0 Å². The lowest BCUT2D eigenvalue weighted by Gasteiger charge is -2.30. The van der Waals surface area contributed by atoms with Crippen LogP contribution >= 0.6 is 0 Å². The summed E-state index contributed by atoms with van der Waals surface area (Å²) in [6.45, 7) is 8.51. The lowest BCUT2D eigenvalue weighted by Crippen LogP contribution is -2.54. The monoisotopic (exact) mass is 580 g/mol. The van der Waals surface area contributed by atoms with E-state index in [9.17, 15) is 14.4 Å². The molecule has 3 N–H and O–H groups in total. The number of ether oxygens (including phenoxy) is 1. The fourth-order valence-electron chi connectivity index (χ4n) is 4.63. The number of nitrogens with one attached hydrogen (secondary N) is 3. The summed E-state index contributed by atoms with van der Waals surface area (Å²) < 4.78 is 5.30. The Morgan fingerprint density at radius 2 is 1.42 bits per heavy atom. The van der Waals surface area contributed by atoms with Crippen LogP contribution in [0.1, 0.15) is 22.7 Å². The maximum atomic E-state index is 14.0. The molecule has 0 aliphatic rings. The Kier molecular flexibility index (Phi) is 13.0. The SMILES string of the molecule is C=CCN(CC=C)C(C(=O)NC(C=Cc1ccccc1)C(=O)N[C@@H](Cc1ccccc1)C(=O)NC)c1ccc(OC)cc1. The molecular weight excluding hydrogens is 540 g/mol. The third kappa shape index (κ3) is 9.83. The average Bonchev–Trinajstić information content (AvgIpc) is 3.04. The molecule has 0 fully saturated rings. The van der Waals surface area contributed by atoms with Crippen LogP contribution in [0.5, 0.6) is 5.75 Å². The molecule has 0 saturated heterocycles. The van der Waals surface area contributed by atoms with Gasteiger partial charge in [0, 0.05) is 26.6 Å². The maximum absolute atomic E-state index is 14.0. The molecule has 224 valence electrons. The minimum Gasteiger partial charge on any atom is -0.497 e. The first-order chi connectivity index (χ1) is 20.9. The molecule has 3 aromatic carbocycles. The highest BCUT2D eigenvalue weighted by molar-refractivity contribution is 5.95. The smallest absolute Gasteiger partial charge is 0.247 e. The lowest BCUT2D eigenvalue weighted by molar-refractivity contribution is -0.132. The van der Waals surface area contributed by atoms with Crippen molar-refractivity contribution in [1.29, 1.82) is 0 Å². The number of benzene rings is 3. The molecule has 43 heavy (non-hydrogen) atoms. The van der Waals surface area contributed by atoms with Crippen molar-refractivity contribution in [1.82, 2.24) is 20.9 Å². The van der Waals surface area contributed by atoms with E-state index in [4.69, 9.17) is 4.74 Å². The highest BCUT2D eigenvalue weighted by atomic mass is 16.5. The zero-order chi connectivity index (χ0) is 31.0. The van der Waals surface area contributed by atoms with Gasteiger partial charge in [-0.1, -0.05) is 97.1 Å². The van der Waals surface area contributed by atoms with E-state index in [2.05, 4.69) is 29.1 Å². The first-order valence-corrected chi connectivity index (χ1v) is 14.1. The van der Waals surface area contributed by atoms with Gasteiger partial charge in [0.2, 0.25) is 17.7 Å². The van der Waals surface area contributed by atoms with E-state index < -0.39 is 29.9 Å². The minimum absolute atomic E-state index is 0.288. The maximum Gasteiger partial charge on any atom is 0.247 e. The fourth-order valence-corrected chi connectivity index (χ4v) is 4.63. The molecule has 3 rings (SSSR count). The van der Waals surface area contributed by atoms with Crippen LogP contribution in [-0.4, -0.2) is 62.0 Å². The molecule has 3 aromatic rings. The van der Waals surface area contributed by atoms with Gasteiger partial charge < -0.3 is 20.7 Å². The number of hydrogen-bond acceptors (Lipinski definition) is 5. The Bertz CT molecular complexity index is 1360. The summed E-state index contributed by atoms with van der Waals surface area (Å²) in [7, 11) is 3.10. The van der Waals surface area contributed by atoms with E-state index in [1.54, 1.807) is 43.5 Å². The summed E-state index contributed by atoms with van der Waals surface area (Å²) in [5.41, 5.74) is 2.45. The summed E-state index contributed by atoms with van der Waals surface area (Å²) >= 11 is 0. The fraction of sp³-hybridized carbons (Fsp3) is 0.229. The molecule has 0 spiro atoms. The van der Waals surface area contributed by atoms with Crippen LogP contribution in [0.25, 0.3) is 6.08 Å². The van der Waals surface area contributed by atoms with Crippen molar-refractivity contribution in [3.8, 4) is 5.75 Å². The summed E-state index contributed by atoms with van der Waals surface area (Å²) in [6, 6.07) is 23.4. The van der Waals surface area contributed by atoms with E-state index >= 15 is 0 Å². The molecule has 3 atom stereocenters. The quantitative estimate of drug-likeness (QED) is 0.222. The van der Waals surface area contributed by atoms with E-state index in [1.165, 1.54) is 7.05 Å². The molecule has 0 radical (unpaired) electrons. The van der Waals surface area contributed by atoms with Crippen molar-refractivity contribution >= 4 is 23.8 Å². The van der Waals surface area contributed by atoms with E-state index in [1.807, 2.05) is 77.7 Å². The number of methoxy groups -OCH3 is 1. The molecule has 8 nitrogen and oxygen atoms in total. The molecule has 0 bridgehead atoms.